The molecular formula is C16H21NO2. The number of aliphatic hydroxyl groups is 1. The first-order chi connectivity index (χ1) is 9.13. The quantitative estimate of drug-likeness (QED) is 0.819. The van der Waals surface area contributed by atoms with Crippen molar-refractivity contribution >= 4 is 12.0 Å². The van der Waals surface area contributed by atoms with E-state index < -0.39 is 0 Å². The van der Waals surface area contributed by atoms with Crippen molar-refractivity contribution in [2.45, 2.75) is 44.8 Å². The van der Waals surface area contributed by atoms with Gasteiger partial charge < -0.3 is 10.4 Å². The molecule has 1 amide bonds. The zero-order valence-electron chi connectivity index (χ0n) is 11.3. The maximum absolute atomic E-state index is 11.8. The van der Waals surface area contributed by atoms with Gasteiger partial charge in [-0.25, -0.2) is 0 Å². The molecule has 3 nitrogen and oxygen atoms in total. The second-order valence-electron chi connectivity index (χ2n) is 5.26. The summed E-state index contributed by atoms with van der Waals surface area (Å²) in [5.74, 6) is -0.0537. The van der Waals surface area contributed by atoms with Gasteiger partial charge in [0.2, 0.25) is 5.91 Å². The summed E-state index contributed by atoms with van der Waals surface area (Å²) < 4.78 is 0. The first kappa shape index (κ1) is 13.8. The zero-order chi connectivity index (χ0) is 13.7. The molecule has 1 aromatic rings. The fourth-order valence-electron chi connectivity index (χ4n) is 2.32. The minimum atomic E-state index is -0.184. The van der Waals surface area contributed by atoms with Crippen LogP contribution in [-0.4, -0.2) is 23.2 Å². The Hall–Kier alpha value is -1.61. The summed E-state index contributed by atoms with van der Waals surface area (Å²) in [6, 6.07) is 8.25. The number of amides is 1. The molecular weight excluding hydrogens is 238 g/mol. The smallest absolute Gasteiger partial charge is 0.244 e. The SMILES string of the molecule is Cc1ccc(/C=C/C(=O)NC2CCC(O)CC2)cc1. The van der Waals surface area contributed by atoms with Crippen molar-refractivity contribution in [2.24, 2.45) is 0 Å². The van der Waals surface area contributed by atoms with Crippen molar-refractivity contribution < 1.29 is 9.90 Å². The van der Waals surface area contributed by atoms with Crippen LogP contribution in [0.4, 0.5) is 0 Å². The minimum absolute atomic E-state index is 0.0537. The maximum Gasteiger partial charge on any atom is 0.244 e. The molecule has 0 spiro atoms. The number of benzene rings is 1. The van der Waals surface area contributed by atoms with Gasteiger partial charge in [-0.3, -0.25) is 4.79 Å². The second kappa shape index (κ2) is 6.53. The van der Waals surface area contributed by atoms with Gasteiger partial charge in [-0.05, 0) is 44.2 Å². The Balaban J connectivity index is 1.82. The summed E-state index contributed by atoms with van der Waals surface area (Å²) in [6.45, 7) is 2.04. The average molecular weight is 259 g/mol. The number of carbonyl (C=O) groups excluding carboxylic acids is 1. The normalized spacial score (nSPS) is 23.5. The molecule has 0 aliphatic heterocycles. The van der Waals surface area contributed by atoms with E-state index in [1.807, 2.05) is 37.3 Å². The lowest BCUT2D eigenvalue weighted by Crippen LogP contribution is -2.37. The van der Waals surface area contributed by atoms with E-state index >= 15 is 0 Å². The number of carbonyl (C=O) groups is 1. The van der Waals surface area contributed by atoms with E-state index in [1.165, 1.54) is 5.56 Å². The molecule has 1 aliphatic carbocycles. The molecule has 102 valence electrons. The number of nitrogens with one attached hydrogen (secondary N) is 1. The van der Waals surface area contributed by atoms with E-state index in [0.29, 0.717) is 0 Å². The summed E-state index contributed by atoms with van der Waals surface area (Å²) in [5.41, 5.74) is 2.24. The highest BCUT2D eigenvalue weighted by molar-refractivity contribution is 5.91. The molecule has 1 aromatic carbocycles. The van der Waals surface area contributed by atoms with E-state index in [2.05, 4.69) is 5.32 Å². The van der Waals surface area contributed by atoms with Crippen LogP contribution >= 0.6 is 0 Å². The van der Waals surface area contributed by atoms with Crippen LogP contribution in [0.2, 0.25) is 0 Å². The predicted molar refractivity (Wildman–Crippen MR) is 76.6 cm³/mol. The van der Waals surface area contributed by atoms with Crippen LogP contribution < -0.4 is 5.32 Å². The van der Waals surface area contributed by atoms with Gasteiger partial charge in [0.15, 0.2) is 0 Å². The molecule has 1 saturated carbocycles. The van der Waals surface area contributed by atoms with Crippen LogP contribution in [0.25, 0.3) is 6.08 Å². The van der Waals surface area contributed by atoms with Crippen LogP contribution in [0.15, 0.2) is 30.3 Å². The summed E-state index contributed by atoms with van der Waals surface area (Å²) in [4.78, 5) is 11.8. The van der Waals surface area contributed by atoms with Crippen LogP contribution in [0.1, 0.15) is 36.8 Å². The zero-order valence-corrected chi connectivity index (χ0v) is 11.3. The molecule has 0 heterocycles. The Morgan fingerprint density at radius 3 is 2.47 bits per heavy atom. The first-order valence-electron chi connectivity index (χ1n) is 6.87. The molecule has 2 N–H and O–H groups in total. The Bertz CT molecular complexity index is 442. The largest absolute Gasteiger partial charge is 0.393 e. The lowest BCUT2D eigenvalue weighted by atomic mass is 9.93. The molecule has 3 heteroatoms. The first-order valence-corrected chi connectivity index (χ1v) is 6.87. The van der Waals surface area contributed by atoms with E-state index in [4.69, 9.17) is 0 Å². The van der Waals surface area contributed by atoms with Gasteiger partial charge in [0.05, 0.1) is 6.10 Å². The van der Waals surface area contributed by atoms with Crippen LogP contribution in [0.5, 0.6) is 0 Å². The summed E-state index contributed by atoms with van der Waals surface area (Å²) in [7, 11) is 0. The molecule has 19 heavy (non-hydrogen) atoms. The summed E-state index contributed by atoms with van der Waals surface area (Å²) in [5, 5.41) is 12.4. The van der Waals surface area contributed by atoms with Gasteiger partial charge in [0.1, 0.15) is 0 Å². The topological polar surface area (TPSA) is 49.3 Å². The average Bonchev–Trinajstić information content (AvgIpc) is 2.41. The van der Waals surface area contributed by atoms with Crippen molar-refractivity contribution in [1.82, 2.24) is 5.32 Å². The Kier molecular flexibility index (Phi) is 4.74. The molecule has 0 saturated heterocycles. The lowest BCUT2D eigenvalue weighted by molar-refractivity contribution is -0.117. The molecule has 0 unspecified atom stereocenters. The Morgan fingerprint density at radius 2 is 1.84 bits per heavy atom. The molecule has 1 fully saturated rings. The van der Waals surface area contributed by atoms with E-state index in [9.17, 15) is 9.90 Å². The highest BCUT2D eigenvalue weighted by atomic mass is 16.3. The fraction of sp³-hybridized carbons (Fsp3) is 0.438. The number of aryl methyl sites for hydroxylation is 1. The third-order valence-electron chi connectivity index (χ3n) is 3.55. The molecule has 0 bridgehead atoms. The molecule has 0 atom stereocenters. The maximum atomic E-state index is 11.8. The monoisotopic (exact) mass is 259 g/mol. The van der Waals surface area contributed by atoms with Gasteiger partial charge in [0, 0.05) is 12.1 Å². The number of hydrogen-bond acceptors (Lipinski definition) is 2. The van der Waals surface area contributed by atoms with Gasteiger partial charge in [-0.2, -0.15) is 0 Å². The van der Waals surface area contributed by atoms with Crippen LogP contribution in [-0.2, 0) is 4.79 Å². The van der Waals surface area contributed by atoms with Crippen LogP contribution in [0.3, 0.4) is 0 Å². The molecule has 0 aromatic heterocycles. The number of aliphatic hydroxyl groups excluding tert-OH is 1. The highest BCUT2D eigenvalue weighted by Gasteiger charge is 2.19. The Labute approximate surface area is 114 Å². The number of hydrogen-bond donors (Lipinski definition) is 2. The summed E-state index contributed by atoms with van der Waals surface area (Å²) >= 11 is 0. The van der Waals surface area contributed by atoms with E-state index in [1.54, 1.807) is 6.08 Å². The third kappa shape index (κ3) is 4.52. The standard InChI is InChI=1S/C16H21NO2/c1-12-2-4-13(5-3-12)6-11-16(19)17-14-7-9-15(18)10-8-14/h2-6,11,14-15,18H,7-10H2,1H3,(H,17,19)/b11-6+. The van der Waals surface area contributed by atoms with Crippen molar-refractivity contribution in [3.63, 3.8) is 0 Å². The highest BCUT2D eigenvalue weighted by Crippen LogP contribution is 2.18. The van der Waals surface area contributed by atoms with Crippen LogP contribution in [0, 0.1) is 6.92 Å². The van der Waals surface area contributed by atoms with Gasteiger partial charge in [-0.1, -0.05) is 29.8 Å². The van der Waals surface area contributed by atoms with Gasteiger partial charge in [-0.15, -0.1) is 0 Å². The predicted octanol–water partition coefficient (Wildman–Crippen LogP) is 2.43. The molecule has 1 aliphatic rings. The van der Waals surface area contributed by atoms with Crippen molar-refractivity contribution in [2.75, 3.05) is 0 Å². The molecule has 0 radical (unpaired) electrons. The van der Waals surface area contributed by atoms with Crippen molar-refractivity contribution in [1.29, 1.82) is 0 Å². The van der Waals surface area contributed by atoms with Crippen molar-refractivity contribution in [3.05, 3.63) is 41.5 Å². The fourth-order valence-corrected chi connectivity index (χ4v) is 2.32. The number of rotatable bonds is 3. The van der Waals surface area contributed by atoms with E-state index in [0.717, 1.165) is 31.2 Å². The lowest BCUT2D eigenvalue weighted by Gasteiger charge is -2.25. The third-order valence-corrected chi connectivity index (χ3v) is 3.55. The van der Waals surface area contributed by atoms with E-state index in [-0.39, 0.29) is 18.1 Å². The Morgan fingerprint density at radius 1 is 1.21 bits per heavy atom. The van der Waals surface area contributed by atoms with Gasteiger partial charge in [0.25, 0.3) is 0 Å². The second-order valence-corrected chi connectivity index (χ2v) is 5.26. The van der Waals surface area contributed by atoms with Crippen molar-refractivity contribution in [3.8, 4) is 0 Å². The van der Waals surface area contributed by atoms with Gasteiger partial charge >= 0.3 is 0 Å². The minimum Gasteiger partial charge on any atom is -0.393 e. The summed E-state index contributed by atoms with van der Waals surface area (Å²) in [6.07, 6.45) is 6.52. The molecule has 2 rings (SSSR count).